The van der Waals surface area contributed by atoms with Crippen LogP contribution >= 0.6 is 0 Å². The molecule has 7 heteroatoms. The van der Waals surface area contributed by atoms with Gasteiger partial charge in [-0.2, -0.15) is 0 Å². The number of aryl methyl sites for hydroxylation is 1. The van der Waals surface area contributed by atoms with Gasteiger partial charge in [0.1, 0.15) is 5.75 Å². The quantitative estimate of drug-likeness (QED) is 0.802. The van der Waals surface area contributed by atoms with E-state index in [1.165, 1.54) is 0 Å². The van der Waals surface area contributed by atoms with Crippen LogP contribution in [0, 0.1) is 0 Å². The molecule has 112 valence electrons. The van der Waals surface area contributed by atoms with Crippen LogP contribution in [0.1, 0.15) is 25.8 Å². The topological polar surface area (TPSA) is 92.7 Å². The van der Waals surface area contributed by atoms with Gasteiger partial charge in [0.2, 0.25) is 10.0 Å². The van der Waals surface area contributed by atoms with Gasteiger partial charge in [0.15, 0.2) is 0 Å². The van der Waals surface area contributed by atoms with E-state index in [0.717, 1.165) is 6.26 Å². The smallest absolute Gasteiger partial charge is 0.303 e. The number of hydrogen-bond donors (Lipinski definition) is 2. The number of benzene rings is 1. The fraction of sp³-hybridized carbons (Fsp3) is 0.462. The molecule has 6 nitrogen and oxygen atoms in total. The van der Waals surface area contributed by atoms with Crippen LogP contribution < -0.4 is 9.46 Å². The molecule has 0 radical (unpaired) electrons. The Labute approximate surface area is 118 Å². The van der Waals surface area contributed by atoms with Crippen LogP contribution in [0.4, 0.5) is 5.69 Å². The normalized spacial score (nSPS) is 11.4. The predicted octanol–water partition coefficient (Wildman–Crippen LogP) is 1.86. The van der Waals surface area contributed by atoms with Crippen LogP contribution in [0.2, 0.25) is 0 Å². The molecule has 0 fully saturated rings. The van der Waals surface area contributed by atoms with Crippen LogP contribution in [-0.4, -0.2) is 31.9 Å². The van der Waals surface area contributed by atoms with Gasteiger partial charge in [0.05, 0.1) is 12.4 Å². The predicted molar refractivity (Wildman–Crippen MR) is 76.6 cm³/mol. The largest absolute Gasteiger partial charge is 0.491 e. The van der Waals surface area contributed by atoms with E-state index in [1.54, 1.807) is 18.2 Å². The Kier molecular flexibility index (Phi) is 5.38. The molecule has 0 aromatic heterocycles. The van der Waals surface area contributed by atoms with E-state index >= 15 is 0 Å². The number of sulfonamides is 1. The number of carboxylic acids is 1. The van der Waals surface area contributed by atoms with E-state index in [4.69, 9.17) is 9.84 Å². The molecule has 0 saturated heterocycles. The molecule has 0 aliphatic carbocycles. The van der Waals surface area contributed by atoms with Gasteiger partial charge >= 0.3 is 5.97 Å². The highest BCUT2D eigenvalue weighted by Gasteiger charge is 2.11. The van der Waals surface area contributed by atoms with Crippen molar-refractivity contribution in [1.29, 1.82) is 0 Å². The first-order valence-electron chi connectivity index (χ1n) is 6.16. The third kappa shape index (κ3) is 5.92. The van der Waals surface area contributed by atoms with Crippen LogP contribution in [0.5, 0.6) is 5.75 Å². The molecular formula is C13H19NO5S. The van der Waals surface area contributed by atoms with E-state index in [0.29, 0.717) is 17.0 Å². The van der Waals surface area contributed by atoms with Gasteiger partial charge in [0, 0.05) is 12.1 Å². The number of carbonyl (C=O) groups is 1. The van der Waals surface area contributed by atoms with E-state index in [-0.39, 0.29) is 18.9 Å². The molecule has 0 heterocycles. The molecule has 0 unspecified atom stereocenters. The zero-order valence-corrected chi connectivity index (χ0v) is 12.5. The summed E-state index contributed by atoms with van der Waals surface area (Å²) < 4.78 is 30.4. The minimum atomic E-state index is -3.37. The molecule has 0 amide bonds. The second kappa shape index (κ2) is 6.60. The summed E-state index contributed by atoms with van der Waals surface area (Å²) in [5.41, 5.74) is 1.05. The molecule has 0 atom stereocenters. The third-order valence-corrected chi connectivity index (χ3v) is 2.94. The minimum Gasteiger partial charge on any atom is -0.491 e. The maximum Gasteiger partial charge on any atom is 0.303 e. The molecule has 0 aliphatic heterocycles. The molecule has 1 rings (SSSR count). The Balaban J connectivity index is 3.03. The van der Waals surface area contributed by atoms with Gasteiger partial charge < -0.3 is 9.84 Å². The summed E-state index contributed by atoms with van der Waals surface area (Å²) >= 11 is 0. The number of rotatable bonds is 7. The number of aliphatic carboxylic acids is 1. The Morgan fingerprint density at radius 1 is 1.40 bits per heavy atom. The van der Waals surface area contributed by atoms with E-state index in [1.807, 2.05) is 13.8 Å². The van der Waals surface area contributed by atoms with Crippen molar-refractivity contribution in [2.24, 2.45) is 0 Å². The van der Waals surface area contributed by atoms with Crippen molar-refractivity contribution in [1.82, 2.24) is 0 Å². The van der Waals surface area contributed by atoms with Gasteiger partial charge in [-0.3, -0.25) is 9.52 Å². The number of anilines is 1. The molecule has 0 saturated carbocycles. The average molecular weight is 301 g/mol. The third-order valence-electron chi connectivity index (χ3n) is 2.33. The maximum atomic E-state index is 11.2. The van der Waals surface area contributed by atoms with Crippen LogP contribution in [0.15, 0.2) is 18.2 Å². The molecule has 1 aromatic rings. The lowest BCUT2D eigenvalue weighted by Crippen LogP contribution is -2.11. The van der Waals surface area contributed by atoms with Crippen molar-refractivity contribution in [3.8, 4) is 5.75 Å². The lowest BCUT2D eigenvalue weighted by molar-refractivity contribution is -0.136. The van der Waals surface area contributed by atoms with E-state index in [2.05, 4.69) is 4.72 Å². The van der Waals surface area contributed by atoms with Gasteiger partial charge in [0.25, 0.3) is 0 Å². The average Bonchev–Trinajstić information content (AvgIpc) is 2.26. The summed E-state index contributed by atoms with van der Waals surface area (Å²) in [7, 11) is -3.37. The van der Waals surface area contributed by atoms with E-state index in [9.17, 15) is 13.2 Å². The SMILES string of the molecule is CC(C)Oc1ccc(NS(C)(=O)=O)cc1CCC(=O)O. The summed E-state index contributed by atoms with van der Waals surface area (Å²) in [5, 5.41) is 8.75. The minimum absolute atomic E-state index is 0.0449. The summed E-state index contributed by atoms with van der Waals surface area (Å²) in [4.78, 5) is 10.7. The van der Waals surface area contributed by atoms with E-state index < -0.39 is 16.0 Å². The zero-order valence-electron chi connectivity index (χ0n) is 11.7. The summed E-state index contributed by atoms with van der Waals surface area (Å²) in [6, 6.07) is 4.83. The molecule has 2 N–H and O–H groups in total. The number of hydrogen-bond acceptors (Lipinski definition) is 4. The second-order valence-corrected chi connectivity index (χ2v) is 6.51. The number of carboxylic acid groups (broad SMARTS) is 1. The fourth-order valence-electron chi connectivity index (χ4n) is 1.66. The van der Waals surface area contributed by atoms with Gasteiger partial charge in [-0.1, -0.05) is 0 Å². The van der Waals surface area contributed by atoms with Gasteiger partial charge in [-0.25, -0.2) is 8.42 Å². The van der Waals surface area contributed by atoms with Crippen molar-refractivity contribution < 1.29 is 23.1 Å². The lowest BCUT2D eigenvalue weighted by Gasteiger charge is -2.15. The summed E-state index contributed by atoms with van der Waals surface area (Å²) in [6.45, 7) is 3.73. The highest BCUT2D eigenvalue weighted by atomic mass is 32.2. The van der Waals surface area contributed by atoms with Crippen LogP contribution in [-0.2, 0) is 21.2 Å². The summed E-state index contributed by atoms with van der Waals surface area (Å²) in [6.07, 6.45) is 1.24. The molecule has 1 aromatic carbocycles. The Hall–Kier alpha value is -1.76. The first kappa shape index (κ1) is 16.3. The monoisotopic (exact) mass is 301 g/mol. The van der Waals surface area contributed by atoms with Gasteiger partial charge in [-0.15, -0.1) is 0 Å². The Morgan fingerprint density at radius 3 is 2.55 bits per heavy atom. The molecule has 20 heavy (non-hydrogen) atoms. The number of ether oxygens (including phenoxy) is 1. The molecule has 0 aliphatic rings. The van der Waals surface area contributed by atoms with Crippen molar-refractivity contribution in [3.05, 3.63) is 23.8 Å². The zero-order chi connectivity index (χ0) is 15.3. The Bertz CT molecular complexity index is 580. The fourth-order valence-corrected chi connectivity index (χ4v) is 2.22. The van der Waals surface area contributed by atoms with Crippen molar-refractivity contribution >= 4 is 21.7 Å². The standard InChI is InChI=1S/C13H19NO5S/c1-9(2)19-12-6-5-11(14-20(3,17)18)8-10(12)4-7-13(15)16/h5-6,8-9,14H,4,7H2,1-3H3,(H,15,16). The van der Waals surface area contributed by atoms with Crippen molar-refractivity contribution in [3.63, 3.8) is 0 Å². The molecule has 0 spiro atoms. The lowest BCUT2D eigenvalue weighted by atomic mass is 10.1. The highest BCUT2D eigenvalue weighted by molar-refractivity contribution is 7.92. The Morgan fingerprint density at radius 2 is 2.05 bits per heavy atom. The molecular weight excluding hydrogens is 282 g/mol. The molecule has 0 bridgehead atoms. The first-order valence-corrected chi connectivity index (χ1v) is 8.05. The van der Waals surface area contributed by atoms with Crippen molar-refractivity contribution in [2.75, 3.05) is 11.0 Å². The van der Waals surface area contributed by atoms with Crippen molar-refractivity contribution in [2.45, 2.75) is 32.8 Å². The number of nitrogens with one attached hydrogen (secondary N) is 1. The highest BCUT2D eigenvalue weighted by Crippen LogP contribution is 2.25. The van der Waals surface area contributed by atoms with Gasteiger partial charge in [-0.05, 0) is 44.0 Å². The van der Waals surface area contributed by atoms with Crippen LogP contribution in [0.3, 0.4) is 0 Å². The maximum absolute atomic E-state index is 11.2. The first-order chi connectivity index (χ1) is 9.17. The summed E-state index contributed by atoms with van der Waals surface area (Å²) in [5.74, 6) is -0.345. The van der Waals surface area contributed by atoms with Crippen LogP contribution in [0.25, 0.3) is 0 Å². The second-order valence-electron chi connectivity index (χ2n) is 4.76.